The van der Waals surface area contributed by atoms with Crippen LogP contribution in [-0.2, 0) is 0 Å². The van der Waals surface area contributed by atoms with Crippen molar-refractivity contribution < 1.29 is 13.9 Å². The molecule has 0 saturated carbocycles. The maximum absolute atomic E-state index is 14.2. The standard InChI is InChI=1S/C17H18BrFO2/c1-10-8-12(9-11(2)17(10)21-4)16(18)15-13(19)6-5-7-14(15)20-3/h5-9,16H,1-4H3. The number of halogens is 2. The summed E-state index contributed by atoms with van der Waals surface area (Å²) in [7, 11) is 3.20. The second-order valence-corrected chi connectivity index (χ2v) is 5.82. The van der Waals surface area contributed by atoms with Crippen LogP contribution >= 0.6 is 15.9 Å². The molecule has 0 amide bonds. The van der Waals surface area contributed by atoms with Crippen molar-refractivity contribution in [1.29, 1.82) is 0 Å². The summed E-state index contributed by atoms with van der Waals surface area (Å²) in [5, 5.41) is 0. The van der Waals surface area contributed by atoms with Gasteiger partial charge < -0.3 is 9.47 Å². The van der Waals surface area contributed by atoms with Crippen LogP contribution in [0.3, 0.4) is 0 Å². The molecule has 1 atom stereocenters. The third-order valence-electron chi connectivity index (χ3n) is 3.47. The first-order chi connectivity index (χ1) is 9.99. The minimum absolute atomic E-state index is 0.281. The lowest BCUT2D eigenvalue weighted by molar-refractivity contribution is 0.405. The summed E-state index contributed by atoms with van der Waals surface area (Å²) < 4.78 is 24.8. The molecule has 2 nitrogen and oxygen atoms in total. The summed E-state index contributed by atoms with van der Waals surface area (Å²) in [6.07, 6.45) is 0. The average Bonchev–Trinajstić information content (AvgIpc) is 2.45. The number of alkyl halides is 1. The zero-order valence-corrected chi connectivity index (χ0v) is 14.1. The molecule has 0 aliphatic heterocycles. The van der Waals surface area contributed by atoms with Gasteiger partial charge >= 0.3 is 0 Å². The minimum atomic E-state index is -0.289. The Hall–Kier alpha value is -1.55. The van der Waals surface area contributed by atoms with E-state index in [9.17, 15) is 4.39 Å². The molecule has 0 aliphatic rings. The molecule has 0 aromatic heterocycles. The van der Waals surface area contributed by atoms with E-state index < -0.39 is 0 Å². The Balaban J connectivity index is 2.53. The van der Waals surface area contributed by atoms with Crippen molar-refractivity contribution in [3.05, 3.63) is 58.4 Å². The number of benzene rings is 2. The van der Waals surface area contributed by atoms with Crippen LogP contribution in [0.25, 0.3) is 0 Å². The van der Waals surface area contributed by atoms with E-state index in [0.29, 0.717) is 11.3 Å². The van der Waals surface area contributed by atoms with Gasteiger partial charge in [0.15, 0.2) is 0 Å². The summed E-state index contributed by atoms with van der Waals surface area (Å²) in [5.74, 6) is 1.10. The highest BCUT2D eigenvalue weighted by molar-refractivity contribution is 9.09. The van der Waals surface area contributed by atoms with E-state index in [1.165, 1.54) is 6.07 Å². The molecule has 1 unspecified atom stereocenters. The summed E-state index contributed by atoms with van der Waals surface area (Å²) in [4.78, 5) is -0.281. The largest absolute Gasteiger partial charge is 0.496 e. The summed E-state index contributed by atoms with van der Waals surface area (Å²) in [6, 6.07) is 8.83. The molecule has 0 aliphatic carbocycles. The number of hydrogen-bond acceptors (Lipinski definition) is 2. The first kappa shape index (κ1) is 15.8. The second-order valence-electron chi connectivity index (χ2n) is 4.91. The lowest BCUT2D eigenvalue weighted by atomic mass is 9.98. The van der Waals surface area contributed by atoms with Crippen LogP contribution in [0, 0.1) is 19.7 Å². The Bertz CT molecular complexity index is 632. The van der Waals surface area contributed by atoms with Gasteiger partial charge in [-0.3, -0.25) is 0 Å². The first-order valence-corrected chi connectivity index (χ1v) is 7.52. The smallest absolute Gasteiger partial charge is 0.131 e. The molecule has 0 bridgehead atoms. The molecule has 2 aromatic carbocycles. The van der Waals surface area contributed by atoms with Crippen LogP contribution in [0.1, 0.15) is 27.1 Å². The van der Waals surface area contributed by atoms with Gasteiger partial charge in [0.25, 0.3) is 0 Å². The van der Waals surface area contributed by atoms with E-state index in [1.807, 2.05) is 26.0 Å². The maximum Gasteiger partial charge on any atom is 0.131 e. The van der Waals surface area contributed by atoms with Crippen molar-refractivity contribution in [3.63, 3.8) is 0 Å². The Kier molecular flexibility index (Phi) is 4.88. The van der Waals surface area contributed by atoms with Gasteiger partial charge in [-0.2, -0.15) is 0 Å². The third kappa shape index (κ3) is 3.05. The lowest BCUT2D eigenvalue weighted by Crippen LogP contribution is -2.02. The predicted molar refractivity (Wildman–Crippen MR) is 86.2 cm³/mol. The lowest BCUT2D eigenvalue weighted by Gasteiger charge is -2.18. The number of rotatable bonds is 4. The van der Waals surface area contributed by atoms with Gasteiger partial charge in [0, 0.05) is 5.56 Å². The molecule has 0 N–H and O–H groups in total. The monoisotopic (exact) mass is 352 g/mol. The highest BCUT2D eigenvalue weighted by Gasteiger charge is 2.21. The Morgan fingerprint density at radius 2 is 1.67 bits per heavy atom. The van der Waals surface area contributed by atoms with Crippen molar-refractivity contribution in [2.24, 2.45) is 0 Å². The van der Waals surface area contributed by atoms with Crippen molar-refractivity contribution in [1.82, 2.24) is 0 Å². The van der Waals surface area contributed by atoms with Gasteiger partial charge in [-0.25, -0.2) is 4.39 Å². The van der Waals surface area contributed by atoms with E-state index in [0.717, 1.165) is 22.4 Å². The molecule has 0 heterocycles. The zero-order valence-electron chi connectivity index (χ0n) is 12.5. The molecule has 0 spiro atoms. The molecular weight excluding hydrogens is 335 g/mol. The molecule has 2 rings (SSSR count). The van der Waals surface area contributed by atoms with E-state index >= 15 is 0 Å². The molecule has 0 fully saturated rings. The molecular formula is C17H18BrFO2. The molecule has 21 heavy (non-hydrogen) atoms. The summed E-state index contributed by atoms with van der Waals surface area (Å²) in [6.45, 7) is 3.96. The highest BCUT2D eigenvalue weighted by Crippen LogP contribution is 2.40. The molecule has 2 aromatic rings. The van der Waals surface area contributed by atoms with E-state index in [1.54, 1.807) is 26.4 Å². The zero-order chi connectivity index (χ0) is 15.6. The second kappa shape index (κ2) is 6.48. The highest BCUT2D eigenvalue weighted by atomic mass is 79.9. The van der Waals surface area contributed by atoms with Gasteiger partial charge in [-0.1, -0.05) is 34.1 Å². The number of hydrogen-bond donors (Lipinski definition) is 0. The molecule has 0 radical (unpaired) electrons. The topological polar surface area (TPSA) is 18.5 Å². The fourth-order valence-electron chi connectivity index (χ4n) is 2.56. The fourth-order valence-corrected chi connectivity index (χ4v) is 3.27. The third-order valence-corrected chi connectivity index (χ3v) is 4.45. The van der Waals surface area contributed by atoms with Crippen molar-refractivity contribution in [2.45, 2.75) is 18.7 Å². The average molecular weight is 353 g/mol. The van der Waals surface area contributed by atoms with Gasteiger partial charge in [-0.05, 0) is 42.7 Å². The van der Waals surface area contributed by atoms with Crippen LogP contribution in [-0.4, -0.2) is 14.2 Å². The van der Waals surface area contributed by atoms with Crippen molar-refractivity contribution in [3.8, 4) is 11.5 Å². The summed E-state index contributed by atoms with van der Waals surface area (Å²) in [5.41, 5.74) is 3.51. The van der Waals surface area contributed by atoms with E-state index in [2.05, 4.69) is 15.9 Å². The molecule has 0 saturated heterocycles. The predicted octanol–water partition coefficient (Wildman–Crippen LogP) is 4.94. The van der Waals surface area contributed by atoms with Crippen LogP contribution in [0.15, 0.2) is 30.3 Å². The van der Waals surface area contributed by atoms with E-state index in [4.69, 9.17) is 9.47 Å². The Labute approximate surface area is 133 Å². The SMILES string of the molecule is COc1cccc(F)c1C(Br)c1cc(C)c(OC)c(C)c1. The summed E-state index contributed by atoms with van der Waals surface area (Å²) >= 11 is 3.59. The quantitative estimate of drug-likeness (QED) is 0.725. The van der Waals surface area contributed by atoms with Crippen LogP contribution in [0.5, 0.6) is 11.5 Å². The van der Waals surface area contributed by atoms with Crippen LogP contribution < -0.4 is 9.47 Å². The number of methoxy groups -OCH3 is 2. The van der Waals surface area contributed by atoms with Crippen LogP contribution in [0.4, 0.5) is 4.39 Å². The van der Waals surface area contributed by atoms with Crippen molar-refractivity contribution >= 4 is 15.9 Å². The number of ether oxygens (including phenoxy) is 2. The molecule has 112 valence electrons. The fraction of sp³-hybridized carbons (Fsp3) is 0.294. The van der Waals surface area contributed by atoms with Gasteiger partial charge in [0.05, 0.1) is 19.0 Å². The van der Waals surface area contributed by atoms with Crippen molar-refractivity contribution in [2.75, 3.05) is 14.2 Å². The van der Waals surface area contributed by atoms with Gasteiger partial charge in [0.1, 0.15) is 17.3 Å². The first-order valence-electron chi connectivity index (χ1n) is 6.61. The Morgan fingerprint density at radius 1 is 1.05 bits per heavy atom. The normalized spacial score (nSPS) is 12.1. The van der Waals surface area contributed by atoms with Gasteiger partial charge in [0.2, 0.25) is 0 Å². The van der Waals surface area contributed by atoms with Gasteiger partial charge in [-0.15, -0.1) is 0 Å². The Morgan fingerprint density at radius 3 is 2.19 bits per heavy atom. The minimum Gasteiger partial charge on any atom is -0.496 e. The maximum atomic E-state index is 14.2. The van der Waals surface area contributed by atoms with Crippen LogP contribution in [0.2, 0.25) is 0 Å². The van der Waals surface area contributed by atoms with E-state index in [-0.39, 0.29) is 10.6 Å². The molecule has 4 heteroatoms. The number of aryl methyl sites for hydroxylation is 2.